The summed E-state index contributed by atoms with van der Waals surface area (Å²) in [5.74, 6) is 2.36. The van der Waals surface area contributed by atoms with Gasteiger partial charge in [-0.1, -0.05) is 74.0 Å². The summed E-state index contributed by atoms with van der Waals surface area (Å²) >= 11 is 0. The van der Waals surface area contributed by atoms with Crippen LogP contribution in [0.2, 0.25) is 0 Å². The van der Waals surface area contributed by atoms with E-state index >= 15 is 0 Å². The van der Waals surface area contributed by atoms with Gasteiger partial charge in [-0.25, -0.2) is 0 Å². The van der Waals surface area contributed by atoms with E-state index in [1.807, 2.05) is 0 Å². The second-order valence-corrected chi connectivity index (χ2v) is 10.8. The summed E-state index contributed by atoms with van der Waals surface area (Å²) in [4.78, 5) is 16.6. The number of aryl methyl sites for hydroxylation is 1. The lowest BCUT2D eigenvalue weighted by Gasteiger charge is -2.56. The monoisotopic (exact) mass is 431 g/mol. The van der Waals surface area contributed by atoms with Gasteiger partial charge in [0.15, 0.2) is 0 Å². The van der Waals surface area contributed by atoms with Gasteiger partial charge in [0, 0.05) is 31.6 Å². The SMILES string of the molecule is Cc1cccc(CNC(=O)[C@]23NC[C@@H]4C[C@H]2CN(CC(C)C)[C@H]3[C@@H]4Cc2ccccc2)c1. The van der Waals surface area contributed by atoms with Crippen molar-refractivity contribution in [1.29, 1.82) is 0 Å². The van der Waals surface area contributed by atoms with E-state index in [-0.39, 0.29) is 11.9 Å². The van der Waals surface area contributed by atoms with Gasteiger partial charge in [0.05, 0.1) is 0 Å². The molecule has 3 saturated heterocycles. The molecule has 3 aliphatic heterocycles. The molecule has 4 heteroatoms. The predicted molar refractivity (Wildman–Crippen MR) is 129 cm³/mol. The first-order valence-corrected chi connectivity index (χ1v) is 12.3. The molecule has 2 N–H and O–H groups in total. The number of hydrogen-bond acceptors (Lipinski definition) is 3. The average molecular weight is 432 g/mol. The van der Waals surface area contributed by atoms with Crippen LogP contribution >= 0.6 is 0 Å². The van der Waals surface area contributed by atoms with Crippen molar-refractivity contribution in [2.45, 2.75) is 51.7 Å². The number of amides is 1. The van der Waals surface area contributed by atoms with Crippen LogP contribution in [-0.2, 0) is 17.8 Å². The summed E-state index contributed by atoms with van der Waals surface area (Å²) in [6.45, 7) is 10.4. The first kappa shape index (κ1) is 21.7. The van der Waals surface area contributed by atoms with E-state index in [4.69, 9.17) is 0 Å². The number of carbonyl (C=O) groups excluding carboxylic acids is 1. The predicted octanol–water partition coefficient (Wildman–Crippen LogP) is 3.79. The first-order valence-electron chi connectivity index (χ1n) is 12.3. The Morgan fingerprint density at radius 3 is 2.69 bits per heavy atom. The Morgan fingerprint density at radius 2 is 1.94 bits per heavy atom. The minimum Gasteiger partial charge on any atom is -0.350 e. The zero-order chi connectivity index (χ0) is 22.3. The topological polar surface area (TPSA) is 44.4 Å². The normalized spacial score (nSPS) is 31.2. The Labute approximate surface area is 192 Å². The van der Waals surface area contributed by atoms with E-state index in [1.54, 1.807) is 0 Å². The number of nitrogens with zero attached hydrogens (tertiary/aromatic N) is 1. The smallest absolute Gasteiger partial charge is 0.242 e. The third kappa shape index (κ3) is 3.78. The van der Waals surface area contributed by atoms with Crippen LogP contribution < -0.4 is 10.6 Å². The molecular weight excluding hydrogens is 394 g/mol. The van der Waals surface area contributed by atoms with E-state index < -0.39 is 5.54 Å². The molecule has 32 heavy (non-hydrogen) atoms. The van der Waals surface area contributed by atoms with Crippen LogP contribution in [0.25, 0.3) is 0 Å². The Kier molecular flexibility index (Phi) is 5.85. The highest BCUT2D eigenvalue weighted by Crippen LogP contribution is 2.53. The molecule has 0 unspecified atom stereocenters. The Bertz CT molecular complexity index is 958. The van der Waals surface area contributed by atoms with Crippen molar-refractivity contribution in [1.82, 2.24) is 15.5 Å². The van der Waals surface area contributed by atoms with E-state index in [9.17, 15) is 4.79 Å². The van der Waals surface area contributed by atoms with Gasteiger partial charge in [-0.2, -0.15) is 0 Å². The lowest BCUT2D eigenvalue weighted by Crippen LogP contribution is -2.76. The van der Waals surface area contributed by atoms with Crippen molar-refractivity contribution in [2.75, 3.05) is 19.6 Å². The standard InChI is InChI=1S/C28H37N3O/c1-19(2)17-31-18-24-14-23-16-30-28(24,26(31)25(23)13-21-9-5-4-6-10-21)27(32)29-15-22-11-7-8-20(3)12-22/h4-12,19,23-26,30H,13-18H2,1-3H3,(H,29,32)/t23-,24-,25+,26-,28-/m0/s1. The molecule has 5 atom stereocenters. The van der Waals surface area contributed by atoms with Gasteiger partial charge in [-0.05, 0) is 55.2 Å². The van der Waals surface area contributed by atoms with Crippen LogP contribution in [0.3, 0.4) is 0 Å². The third-order valence-corrected chi connectivity index (χ3v) is 8.04. The molecule has 2 aromatic rings. The fourth-order valence-corrected chi connectivity index (χ4v) is 6.89. The van der Waals surface area contributed by atoms with Crippen molar-refractivity contribution in [3.8, 4) is 0 Å². The summed E-state index contributed by atoms with van der Waals surface area (Å²) in [5, 5.41) is 7.15. The summed E-state index contributed by atoms with van der Waals surface area (Å²) < 4.78 is 0. The van der Waals surface area contributed by atoms with Crippen LogP contribution in [0.5, 0.6) is 0 Å². The maximum atomic E-state index is 13.9. The lowest BCUT2D eigenvalue weighted by molar-refractivity contribution is -0.138. The quantitative estimate of drug-likeness (QED) is 0.701. The largest absolute Gasteiger partial charge is 0.350 e. The Balaban J connectivity index is 1.43. The van der Waals surface area contributed by atoms with Gasteiger partial charge >= 0.3 is 0 Å². The number of benzene rings is 2. The third-order valence-electron chi connectivity index (χ3n) is 8.04. The highest BCUT2D eigenvalue weighted by atomic mass is 16.2. The Hall–Kier alpha value is -2.17. The molecule has 0 spiro atoms. The van der Waals surface area contributed by atoms with Crippen LogP contribution in [0, 0.1) is 30.6 Å². The molecule has 2 aromatic carbocycles. The molecule has 4 bridgehead atoms. The molecule has 1 saturated carbocycles. The maximum Gasteiger partial charge on any atom is 0.242 e. The zero-order valence-corrected chi connectivity index (χ0v) is 19.7. The molecule has 170 valence electrons. The number of piperidine rings is 2. The molecule has 6 rings (SSSR count). The van der Waals surface area contributed by atoms with Gasteiger partial charge in [0.1, 0.15) is 5.54 Å². The fourth-order valence-electron chi connectivity index (χ4n) is 6.89. The molecule has 3 heterocycles. The average Bonchev–Trinajstić information content (AvgIpc) is 3.03. The highest BCUT2D eigenvalue weighted by molar-refractivity contribution is 5.89. The molecule has 1 aliphatic carbocycles. The van der Waals surface area contributed by atoms with Crippen LogP contribution in [0.1, 0.15) is 37.0 Å². The second-order valence-electron chi connectivity index (χ2n) is 10.8. The van der Waals surface area contributed by atoms with E-state index in [0.29, 0.717) is 30.2 Å². The molecule has 0 radical (unpaired) electrons. The summed E-state index contributed by atoms with van der Waals surface area (Å²) in [7, 11) is 0. The van der Waals surface area contributed by atoms with Crippen molar-refractivity contribution < 1.29 is 4.79 Å². The summed E-state index contributed by atoms with van der Waals surface area (Å²) in [6, 6.07) is 19.6. The molecule has 4 fully saturated rings. The number of fused-ring (bicyclic) bond motifs is 1. The van der Waals surface area contributed by atoms with Crippen LogP contribution in [-0.4, -0.2) is 42.0 Å². The first-order chi connectivity index (χ1) is 15.5. The fraction of sp³-hybridized carbons (Fsp3) is 0.536. The van der Waals surface area contributed by atoms with Crippen molar-refractivity contribution in [3.05, 3.63) is 71.3 Å². The number of likely N-dealkylation sites (tertiary alicyclic amines) is 1. The number of rotatable bonds is 7. The number of hydrogen-bond donors (Lipinski definition) is 2. The molecule has 1 amide bonds. The molecular formula is C28H37N3O. The van der Waals surface area contributed by atoms with Crippen molar-refractivity contribution >= 4 is 5.91 Å². The minimum atomic E-state index is -0.465. The van der Waals surface area contributed by atoms with Crippen molar-refractivity contribution in [3.63, 3.8) is 0 Å². The molecule has 0 aromatic heterocycles. The van der Waals surface area contributed by atoms with Gasteiger partial charge < -0.3 is 10.6 Å². The van der Waals surface area contributed by atoms with E-state index in [1.165, 1.54) is 16.7 Å². The lowest BCUT2D eigenvalue weighted by atomic mass is 9.58. The second kappa shape index (κ2) is 8.64. The van der Waals surface area contributed by atoms with Gasteiger partial charge in [-0.15, -0.1) is 0 Å². The van der Waals surface area contributed by atoms with Crippen LogP contribution in [0.4, 0.5) is 0 Å². The molecule has 4 nitrogen and oxygen atoms in total. The van der Waals surface area contributed by atoms with Crippen LogP contribution in [0.15, 0.2) is 54.6 Å². The van der Waals surface area contributed by atoms with E-state index in [2.05, 4.69) is 90.9 Å². The highest BCUT2D eigenvalue weighted by Gasteiger charge is 2.67. The molecule has 4 aliphatic rings. The van der Waals surface area contributed by atoms with E-state index in [0.717, 1.165) is 32.5 Å². The number of carbonyl (C=O) groups is 1. The number of nitrogens with one attached hydrogen (secondary N) is 2. The summed E-state index contributed by atoms with van der Waals surface area (Å²) in [5.41, 5.74) is 3.34. The minimum absolute atomic E-state index is 0.205. The van der Waals surface area contributed by atoms with Crippen molar-refractivity contribution in [2.24, 2.45) is 23.7 Å². The summed E-state index contributed by atoms with van der Waals surface area (Å²) in [6.07, 6.45) is 2.22. The van der Waals surface area contributed by atoms with Gasteiger partial charge in [0.25, 0.3) is 0 Å². The maximum absolute atomic E-state index is 13.9. The van der Waals surface area contributed by atoms with Gasteiger partial charge in [0.2, 0.25) is 5.91 Å². The zero-order valence-electron chi connectivity index (χ0n) is 19.7. The Morgan fingerprint density at radius 1 is 1.16 bits per heavy atom. The van der Waals surface area contributed by atoms with Gasteiger partial charge in [-0.3, -0.25) is 9.69 Å².